The van der Waals surface area contributed by atoms with Crippen molar-refractivity contribution in [2.45, 2.75) is 31.2 Å². The van der Waals surface area contributed by atoms with Gasteiger partial charge in [-0.1, -0.05) is 29.8 Å². The van der Waals surface area contributed by atoms with Crippen molar-refractivity contribution < 1.29 is 27.4 Å². The van der Waals surface area contributed by atoms with Crippen LogP contribution in [0.15, 0.2) is 48.5 Å². The van der Waals surface area contributed by atoms with E-state index in [1.54, 1.807) is 42.5 Å². The van der Waals surface area contributed by atoms with Crippen molar-refractivity contribution in [1.29, 1.82) is 0 Å². The number of hydrogen-bond acceptors (Lipinski definition) is 5. The van der Waals surface area contributed by atoms with Crippen LogP contribution in [0.25, 0.3) is 0 Å². The molecule has 1 aromatic heterocycles. The highest BCUT2D eigenvalue weighted by Crippen LogP contribution is 2.43. The number of ether oxygens (including phenoxy) is 2. The third kappa shape index (κ3) is 4.30. The van der Waals surface area contributed by atoms with Crippen LogP contribution in [-0.2, 0) is 6.54 Å². The molecule has 0 spiro atoms. The van der Waals surface area contributed by atoms with Crippen LogP contribution in [-0.4, -0.2) is 28.7 Å². The van der Waals surface area contributed by atoms with Crippen LogP contribution >= 0.6 is 11.6 Å². The highest BCUT2D eigenvalue weighted by Gasteiger charge is 2.46. The molecule has 0 bridgehead atoms. The van der Waals surface area contributed by atoms with Crippen LogP contribution in [0.4, 0.5) is 19.0 Å². The molecule has 3 aromatic rings. The van der Waals surface area contributed by atoms with Crippen LogP contribution < -0.4 is 20.1 Å². The Hall–Kier alpha value is -3.40. The van der Waals surface area contributed by atoms with Gasteiger partial charge >= 0.3 is 6.18 Å². The first kappa shape index (κ1) is 21.4. The van der Waals surface area contributed by atoms with Crippen LogP contribution in [0.1, 0.15) is 40.1 Å². The summed E-state index contributed by atoms with van der Waals surface area (Å²) in [6.45, 7) is 0.289. The van der Waals surface area contributed by atoms with Crippen molar-refractivity contribution in [1.82, 2.24) is 15.1 Å². The predicted molar refractivity (Wildman–Crippen MR) is 113 cm³/mol. The first-order chi connectivity index (χ1) is 15.8. The zero-order valence-electron chi connectivity index (χ0n) is 17.0. The molecule has 7 nitrogen and oxygen atoms in total. The minimum absolute atomic E-state index is 0.107. The Labute approximate surface area is 191 Å². The lowest BCUT2D eigenvalue weighted by molar-refractivity contribution is -0.173. The van der Waals surface area contributed by atoms with Gasteiger partial charge in [0.1, 0.15) is 5.82 Å². The molecule has 172 valence electrons. The quantitative estimate of drug-likeness (QED) is 0.560. The number of benzene rings is 2. The van der Waals surface area contributed by atoms with Crippen molar-refractivity contribution >= 4 is 23.3 Å². The topological polar surface area (TPSA) is 77.4 Å². The summed E-state index contributed by atoms with van der Waals surface area (Å²) in [5.74, 6) is 0.730. The number of carbonyl (C=O) groups is 1. The lowest BCUT2D eigenvalue weighted by Gasteiger charge is -2.33. The molecule has 33 heavy (non-hydrogen) atoms. The van der Waals surface area contributed by atoms with Crippen LogP contribution in [0, 0.1) is 0 Å². The normalized spacial score (nSPS) is 19.0. The van der Waals surface area contributed by atoms with Gasteiger partial charge in [0.15, 0.2) is 23.2 Å². The van der Waals surface area contributed by atoms with Gasteiger partial charge in [-0.3, -0.25) is 4.79 Å². The highest BCUT2D eigenvalue weighted by atomic mass is 35.5. The fraction of sp³-hybridized carbons (Fsp3) is 0.273. The fourth-order valence-electron chi connectivity index (χ4n) is 3.92. The van der Waals surface area contributed by atoms with E-state index in [1.807, 2.05) is 0 Å². The van der Waals surface area contributed by atoms with Gasteiger partial charge in [-0.25, -0.2) is 4.68 Å². The second-order valence-electron chi connectivity index (χ2n) is 7.77. The van der Waals surface area contributed by atoms with Gasteiger partial charge in [0.2, 0.25) is 6.79 Å². The molecule has 0 saturated heterocycles. The Kier molecular flexibility index (Phi) is 5.32. The zero-order valence-corrected chi connectivity index (χ0v) is 17.8. The number of alkyl halides is 3. The van der Waals surface area contributed by atoms with Crippen LogP contribution in [0.3, 0.4) is 0 Å². The van der Waals surface area contributed by atoms with Crippen molar-refractivity contribution in [2.75, 3.05) is 12.1 Å². The van der Waals surface area contributed by atoms with E-state index in [1.165, 1.54) is 6.07 Å². The van der Waals surface area contributed by atoms with Gasteiger partial charge in [-0.15, -0.1) is 0 Å². The molecule has 2 atom stereocenters. The molecular weight excluding hydrogens is 461 g/mol. The third-order valence-corrected chi connectivity index (χ3v) is 5.84. The van der Waals surface area contributed by atoms with Crippen LogP contribution in [0.5, 0.6) is 11.5 Å². The number of nitrogens with one attached hydrogen (secondary N) is 2. The van der Waals surface area contributed by atoms with E-state index in [-0.39, 0.29) is 31.3 Å². The lowest BCUT2D eigenvalue weighted by atomic mass is 9.97. The summed E-state index contributed by atoms with van der Waals surface area (Å²) in [4.78, 5) is 12.6. The molecular formula is C22H18ClF3N4O3. The summed E-state index contributed by atoms with van der Waals surface area (Å²) in [5, 5.41) is 10.2. The molecule has 2 aliphatic rings. The standard InChI is InChI=1S/C22H18ClF3N4O3/c23-14-4-2-13(3-5-14)15-8-19(22(24,25)26)30-20(28-15)9-16(29-30)21(31)27-10-12-1-6-17-18(7-12)33-11-32-17/h1-7,9,15,19,28H,8,10-11H2,(H,27,31). The molecule has 0 radical (unpaired) electrons. The van der Waals surface area contributed by atoms with E-state index in [0.717, 1.165) is 10.2 Å². The molecule has 0 fully saturated rings. The van der Waals surface area contributed by atoms with Gasteiger partial charge in [-0.2, -0.15) is 18.3 Å². The predicted octanol–water partition coefficient (Wildman–Crippen LogP) is 4.86. The van der Waals surface area contributed by atoms with Gasteiger partial charge < -0.3 is 20.1 Å². The summed E-state index contributed by atoms with van der Waals surface area (Å²) in [6, 6.07) is 10.7. The number of rotatable bonds is 4. The lowest BCUT2D eigenvalue weighted by Crippen LogP contribution is -2.35. The van der Waals surface area contributed by atoms with Gasteiger partial charge in [0, 0.05) is 24.1 Å². The SMILES string of the molecule is O=C(NCc1ccc2c(c1)OCO2)c1cc2n(n1)C(C(F)(F)F)CC(c1ccc(Cl)cc1)N2. The molecule has 2 aromatic carbocycles. The second-order valence-corrected chi connectivity index (χ2v) is 8.21. The number of carbonyl (C=O) groups excluding carboxylic acids is 1. The zero-order chi connectivity index (χ0) is 23.2. The molecule has 2 aliphatic heterocycles. The van der Waals surface area contributed by atoms with Crippen molar-refractivity contribution in [3.63, 3.8) is 0 Å². The summed E-state index contributed by atoms with van der Waals surface area (Å²) < 4.78 is 52.9. The van der Waals surface area contributed by atoms with Gasteiger partial charge in [0.25, 0.3) is 5.91 Å². The average molecular weight is 479 g/mol. The van der Waals surface area contributed by atoms with E-state index in [9.17, 15) is 18.0 Å². The van der Waals surface area contributed by atoms with E-state index in [2.05, 4.69) is 15.7 Å². The van der Waals surface area contributed by atoms with Crippen molar-refractivity contribution in [3.8, 4) is 11.5 Å². The summed E-state index contributed by atoms with van der Waals surface area (Å²) >= 11 is 5.90. The Morgan fingerprint density at radius 3 is 2.67 bits per heavy atom. The monoisotopic (exact) mass is 478 g/mol. The van der Waals surface area contributed by atoms with E-state index >= 15 is 0 Å². The Morgan fingerprint density at radius 2 is 1.91 bits per heavy atom. The Bertz CT molecular complexity index is 1200. The first-order valence-electron chi connectivity index (χ1n) is 10.1. The molecule has 1 amide bonds. The minimum atomic E-state index is -4.53. The minimum Gasteiger partial charge on any atom is -0.454 e. The second kappa shape index (κ2) is 8.18. The average Bonchev–Trinajstić information content (AvgIpc) is 3.43. The summed E-state index contributed by atoms with van der Waals surface area (Å²) in [7, 11) is 0. The smallest absolute Gasteiger partial charge is 0.410 e. The summed E-state index contributed by atoms with van der Waals surface area (Å²) in [6.07, 6.45) is -4.80. The number of nitrogens with zero attached hydrogens (tertiary/aromatic N) is 2. The maximum absolute atomic E-state index is 13.8. The number of aromatic nitrogens is 2. The fourth-order valence-corrected chi connectivity index (χ4v) is 4.05. The number of hydrogen-bond donors (Lipinski definition) is 2. The maximum atomic E-state index is 13.8. The van der Waals surface area contributed by atoms with Crippen molar-refractivity contribution in [3.05, 3.63) is 70.4 Å². The van der Waals surface area contributed by atoms with Gasteiger partial charge in [-0.05, 0) is 35.4 Å². The first-order valence-corrected chi connectivity index (χ1v) is 10.5. The molecule has 5 rings (SSSR count). The number of halogens is 4. The molecule has 0 saturated carbocycles. The Balaban J connectivity index is 1.35. The van der Waals surface area contributed by atoms with Crippen molar-refractivity contribution in [2.24, 2.45) is 0 Å². The number of fused-ring (bicyclic) bond motifs is 2. The number of anilines is 1. The molecule has 0 aliphatic carbocycles. The van der Waals surface area contributed by atoms with Gasteiger partial charge in [0.05, 0.1) is 6.04 Å². The van der Waals surface area contributed by atoms with Crippen LogP contribution in [0.2, 0.25) is 5.02 Å². The van der Waals surface area contributed by atoms with E-state index in [4.69, 9.17) is 21.1 Å². The molecule has 11 heteroatoms. The van der Waals surface area contributed by atoms with E-state index < -0.39 is 24.2 Å². The highest BCUT2D eigenvalue weighted by molar-refractivity contribution is 6.30. The molecule has 2 unspecified atom stereocenters. The number of amides is 1. The van der Waals surface area contributed by atoms with E-state index in [0.29, 0.717) is 22.1 Å². The molecule has 2 N–H and O–H groups in total. The third-order valence-electron chi connectivity index (χ3n) is 5.58. The largest absolute Gasteiger partial charge is 0.454 e. The Morgan fingerprint density at radius 1 is 1.15 bits per heavy atom. The maximum Gasteiger partial charge on any atom is 0.410 e. The molecule has 3 heterocycles. The summed E-state index contributed by atoms with van der Waals surface area (Å²) in [5.41, 5.74) is 1.31.